The molecule has 0 amide bonds. The van der Waals surface area contributed by atoms with Gasteiger partial charge in [0.15, 0.2) is 0 Å². The zero-order valence-electron chi connectivity index (χ0n) is 13.1. The van der Waals surface area contributed by atoms with Crippen LogP contribution in [0.25, 0.3) is 0 Å². The van der Waals surface area contributed by atoms with Crippen molar-refractivity contribution in [1.29, 1.82) is 0 Å². The SMILES string of the molecule is CCCn1ccnc1CC(NCC)c1ccc(C)cc1Br. The van der Waals surface area contributed by atoms with E-state index in [1.807, 2.05) is 6.20 Å². The van der Waals surface area contributed by atoms with Gasteiger partial charge in [0.05, 0.1) is 0 Å². The van der Waals surface area contributed by atoms with Crippen LogP contribution in [0.15, 0.2) is 35.1 Å². The van der Waals surface area contributed by atoms with Gasteiger partial charge in [0.25, 0.3) is 0 Å². The minimum absolute atomic E-state index is 0.281. The third-order valence-corrected chi connectivity index (χ3v) is 4.32. The van der Waals surface area contributed by atoms with Crippen LogP contribution >= 0.6 is 15.9 Å². The molecule has 21 heavy (non-hydrogen) atoms. The van der Waals surface area contributed by atoms with Gasteiger partial charge < -0.3 is 9.88 Å². The molecule has 2 aromatic rings. The minimum atomic E-state index is 0.281. The fourth-order valence-electron chi connectivity index (χ4n) is 2.61. The number of benzene rings is 1. The summed E-state index contributed by atoms with van der Waals surface area (Å²) in [5.41, 5.74) is 2.57. The average molecular weight is 350 g/mol. The first kappa shape index (κ1) is 16.2. The Labute approximate surface area is 135 Å². The first-order chi connectivity index (χ1) is 10.2. The lowest BCUT2D eigenvalue weighted by Gasteiger charge is -2.20. The molecular formula is C17H24BrN3. The lowest BCUT2D eigenvalue weighted by molar-refractivity contribution is 0.514. The summed E-state index contributed by atoms with van der Waals surface area (Å²) in [6, 6.07) is 6.84. The van der Waals surface area contributed by atoms with E-state index in [4.69, 9.17) is 0 Å². The molecule has 0 saturated carbocycles. The number of imidazole rings is 1. The number of nitrogens with one attached hydrogen (secondary N) is 1. The van der Waals surface area contributed by atoms with E-state index in [2.05, 4.69) is 76.0 Å². The number of aryl methyl sites for hydroxylation is 2. The van der Waals surface area contributed by atoms with Gasteiger partial charge >= 0.3 is 0 Å². The fraction of sp³-hybridized carbons (Fsp3) is 0.471. The van der Waals surface area contributed by atoms with Crippen molar-refractivity contribution in [3.63, 3.8) is 0 Å². The molecule has 2 rings (SSSR count). The van der Waals surface area contributed by atoms with Crippen LogP contribution in [-0.2, 0) is 13.0 Å². The summed E-state index contributed by atoms with van der Waals surface area (Å²) >= 11 is 3.70. The maximum atomic E-state index is 4.54. The molecule has 0 aliphatic carbocycles. The van der Waals surface area contributed by atoms with Crippen molar-refractivity contribution < 1.29 is 0 Å². The zero-order valence-corrected chi connectivity index (χ0v) is 14.7. The topological polar surface area (TPSA) is 29.9 Å². The summed E-state index contributed by atoms with van der Waals surface area (Å²) in [7, 11) is 0. The van der Waals surface area contributed by atoms with E-state index in [9.17, 15) is 0 Å². The Kier molecular flexibility index (Phi) is 6.00. The van der Waals surface area contributed by atoms with E-state index >= 15 is 0 Å². The molecule has 4 heteroatoms. The van der Waals surface area contributed by atoms with Gasteiger partial charge in [0, 0.05) is 35.9 Å². The largest absolute Gasteiger partial charge is 0.335 e. The van der Waals surface area contributed by atoms with Gasteiger partial charge in [-0.25, -0.2) is 4.98 Å². The van der Waals surface area contributed by atoms with Gasteiger partial charge in [0.1, 0.15) is 5.82 Å². The van der Waals surface area contributed by atoms with Crippen LogP contribution in [0, 0.1) is 6.92 Å². The summed E-state index contributed by atoms with van der Waals surface area (Å²) in [6.45, 7) is 8.43. The molecule has 1 unspecified atom stereocenters. The average Bonchev–Trinajstić information content (AvgIpc) is 2.86. The Morgan fingerprint density at radius 1 is 1.33 bits per heavy atom. The van der Waals surface area contributed by atoms with Gasteiger partial charge in [-0.2, -0.15) is 0 Å². The highest BCUT2D eigenvalue weighted by Crippen LogP contribution is 2.27. The number of nitrogens with zero attached hydrogens (tertiary/aromatic N) is 2. The monoisotopic (exact) mass is 349 g/mol. The third-order valence-electron chi connectivity index (χ3n) is 3.63. The van der Waals surface area contributed by atoms with Crippen molar-refractivity contribution >= 4 is 15.9 Å². The molecule has 1 aromatic carbocycles. The molecule has 0 aliphatic rings. The number of aromatic nitrogens is 2. The molecule has 0 aliphatic heterocycles. The standard InChI is InChI=1S/C17H24BrN3/c1-4-9-21-10-8-20-17(21)12-16(19-5-2)14-7-6-13(3)11-15(14)18/h6-8,10-11,16,19H,4-5,9,12H2,1-3H3. The number of halogens is 1. The summed E-state index contributed by atoms with van der Waals surface area (Å²) in [5, 5.41) is 3.58. The fourth-order valence-corrected chi connectivity index (χ4v) is 3.38. The summed E-state index contributed by atoms with van der Waals surface area (Å²) in [6.07, 6.45) is 6.01. The predicted molar refractivity (Wildman–Crippen MR) is 91.5 cm³/mol. The molecule has 0 radical (unpaired) electrons. The smallest absolute Gasteiger partial charge is 0.110 e. The van der Waals surface area contributed by atoms with E-state index in [0.29, 0.717) is 0 Å². The van der Waals surface area contributed by atoms with Gasteiger partial charge in [0.2, 0.25) is 0 Å². The highest BCUT2D eigenvalue weighted by Gasteiger charge is 2.16. The quantitative estimate of drug-likeness (QED) is 0.809. The van der Waals surface area contributed by atoms with Crippen molar-refractivity contribution in [2.24, 2.45) is 0 Å². The van der Waals surface area contributed by atoms with Crippen LogP contribution in [0.2, 0.25) is 0 Å². The normalized spacial score (nSPS) is 12.6. The van der Waals surface area contributed by atoms with Crippen molar-refractivity contribution in [2.45, 2.75) is 46.2 Å². The Balaban J connectivity index is 2.24. The van der Waals surface area contributed by atoms with Crippen molar-refractivity contribution in [3.8, 4) is 0 Å². The molecule has 0 saturated heterocycles. The van der Waals surface area contributed by atoms with Crippen LogP contribution in [0.4, 0.5) is 0 Å². The lowest BCUT2D eigenvalue weighted by Crippen LogP contribution is -2.24. The van der Waals surface area contributed by atoms with E-state index in [1.165, 1.54) is 15.6 Å². The molecule has 0 spiro atoms. The van der Waals surface area contributed by atoms with Crippen LogP contribution in [0.3, 0.4) is 0 Å². The van der Waals surface area contributed by atoms with Gasteiger partial charge in [-0.1, -0.05) is 41.9 Å². The number of hydrogen-bond donors (Lipinski definition) is 1. The third kappa shape index (κ3) is 4.17. The molecule has 0 fully saturated rings. The van der Waals surface area contributed by atoms with Crippen molar-refractivity contribution in [1.82, 2.24) is 14.9 Å². The van der Waals surface area contributed by atoms with E-state index in [-0.39, 0.29) is 6.04 Å². The second kappa shape index (κ2) is 7.76. The first-order valence-electron chi connectivity index (χ1n) is 7.65. The van der Waals surface area contributed by atoms with Crippen LogP contribution < -0.4 is 5.32 Å². The molecule has 0 bridgehead atoms. The Hall–Kier alpha value is -1.13. The molecule has 1 atom stereocenters. The Morgan fingerprint density at radius 3 is 2.81 bits per heavy atom. The second-order valence-corrected chi connectivity index (χ2v) is 6.23. The number of likely N-dealkylation sites (N-methyl/N-ethyl adjacent to an activating group) is 1. The molecule has 1 N–H and O–H groups in total. The highest BCUT2D eigenvalue weighted by atomic mass is 79.9. The van der Waals surface area contributed by atoms with Crippen molar-refractivity contribution in [2.75, 3.05) is 6.54 Å². The van der Waals surface area contributed by atoms with E-state index in [0.717, 1.165) is 31.8 Å². The summed E-state index contributed by atoms with van der Waals surface area (Å²) < 4.78 is 3.42. The number of hydrogen-bond acceptors (Lipinski definition) is 2. The van der Waals surface area contributed by atoms with Crippen molar-refractivity contribution in [3.05, 3.63) is 52.0 Å². The summed E-state index contributed by atoms with van der Waals surface area (Å²) in [4.78, 5) is 4.54. The molecule has 1 aromatic heterocycles. The first-order valence-corrected chi connectivity index (χ1v) is 8.44. The Morgan fingerprint density at radius 2 is 2.14 bits per heavy atom. The lowest BCUT2D eigenvalue weighted by atomic mass is 10.0. The van der Waals surface area contributed by atoms with E-state index in [1.54, 1.807) is 0 Å². The van der Waals surface area contributed by atoms with Gasteiger partial charge in [-0.3, -0.25) is 0 Å². The maximum Gasteiger partial charge on any atom is 0.110 e. The maximum absolute atomic E-state index is 4.54. The van der Waals surface area contributed by atoms with Gasteiger partial charge in [-0.15, -0.1) is 0 Å². The molecule has 3 nitrogen and oxygen atoms in total. The summed E-state index contributed by atoms with van der Waals surface area (Å²) in [5.74, 6) is 1.15. The van der Waals surface area contributed by atoms with Crippen LogP contribution in [0.5, 0.6) is 0 Å². The molecule has 114 valence electrons. The highest BCUT2D eigenvalue weighted by molar-refractivity contribution is 9.10. The predicted octanol–water partition coefficient (Wildman–Crippen LogP) is 4.26. The molecular weight excluding hydrogens is 326 g/mol. The molecule has 1 heterocycles. The minimum Gasteiger partial charge on any atom is -0.335 e. The zero-order chi connectivity index (χ0) is 15.2. The van der Waals surface area contributed by atoms with Gasteiger partial charge in [-0.05, 0) is 37.1 Å². The van der Waals surface area contributed by atoms with Crippen LogP contribution in [0.1, 0.15) is 43.3 Å². The van der Waals surface area contributed by atoms with Crippen LogP contribution in [-0.4, -0.2) is 16.1 Å². The number of rotatable bonds is 7. The second-order valence-electron chi connectivity index (χ2n) is 5.38. The Bertz CT molecular complexity index is 577. The van der Waals surface area contributed by atoms with E-state index < -0.39 is 0 Å².